The van der Waals surface area contributed by atoms with E-state index in [0.717, 1.165) is 11.5 Å². The molecule has 1 N–H and O–H groups in total. The van der Waals surface area contributed by atoms with E-state index in [1.165, 1.54) is 0 Å². The first-order valence-electron chi connectivity index (χ1n) is 6.06. The zero-order chi connectivity index (χ0) is 13.1. The second-order valence-electron chi connectivity index (χ2n) is 3.46. The summed E-state index contributed by atoms with van der Waals surface area (Å²) in [6.07, 6.45) is 0. The molecule has 5 heteroatoms. The van der Waals surface area contributed by atoms with Crippen molar-refractivity contribution in [2.75, 3.05) is 40.1 Å². The van der Waals surface area contributed by atoms with Gasteiger partial charge < -0.3 is 14.2 Å². The summed E-state index contributed by atoms with van der Waals surface area (Å²) in [5, 5.41) is 0. The van der Waals surface area contributed by atoms with Gasteiger partial charge in [0, 0.05) is 7.11 Å². The predicted molar refractivity (Wildman–Crippen MR) is 68.9 cm³/mol. The van der Waals surface area contributed by atoms with Gasteiger partial charge in [0.25, 0.3) is 0 Å². The molecule has 0 saturated heterocycles. The average Bonchev–Trinajstić information content (AvgIpc) is 2.40. The minimum atomic E-state index is 0.511. The summed E-state index contributed by atoms with van der Waals surface area (Å²) in [6.45, 7) is 4.77. The van der Waals surface area contributed by atoms with Crippen LogP contribution in [-0.2, 0) is 9.57 Å². The van der Waals surface area contributed by atoms with Crippen molar-refractivity contribution < 1.29 is 19.0 Å². The second kappa shape index (κ2) is 9.70. The van der Waals surface area contributed by atoms with E-state index in [1.807, 2.05) is 31.2 Å². The number of methoxy groups -OCH3 is 1. The maximum atomic E-state index is 5.60. The van der Waals surface area contributed by atoms with Crippen molar-refractivity contribution in [1.29, 1.82) is 0 Å². The van der Waals surface area contributed by atoms with Crippen molar-refractivity contribution in [3.63, 3.8) is 0 Å². The summed E-state index contributed by atoms with van der Waals surface area (Å²) in [6, 6.07) is 7.61. The highest BCUT2D eigenvalue weighted by Crippen LogP contribution is 2.25. The quantitative estimate of drug-likeness (QED) is 0.508. The first kappa shape index (κ1) is 14.8. The topological polar surface area (TPSA) is 49.0 Å². The molecule has 0 spiro atoms. The third-order valence-corrected chi connectivity index (χ3v) is 2.10. The van der Waals surface area contributed by atoms with E-state index in [-0.39, 0.29) is 0 Å². The van der Waals surface area contributed by atoms with Gasteiger partial charge in [0.15, 0.2) is 11.5 Å². The van der Waals surface area contributed by atoms with Crippen LogP contribution in [0.1, 0.15) is 6.92 Å². The maximum absolute atomic E-state index is 5.60. The molecule has 5 nitrogen and oxygen atoms in total. The molecule has 0 aliphatic carbocycles. The van der Waals surface area contributed by atoms with E-state index in [4.69, 9.17) is 19.0 Å². The molecule has 0 aliphatic rings. The second-order valence-corrected chi connectivity index (χ2v) is 3.46. The summed E-state index contributed by atoms with van der Waals surface area (Å²) >= 11 is 0. The lowest BCUT2D eigenvalue weighted by atomic mass is 10.3. The molecule has 1 rings (SSSR count). The number of hydrogen-bond acceptors (Lipinski definition) is 5. The fourth-order valence-corrected chi connectivity index (χ4v) is 1.32. The molecule has 0 radical (unpaired) electrons. The molecule has 0 heterocycles. The summed E-state index contributed by atoms with van der Waals surface area (Å²) in [4.78, 5) is 5.10. The SMILES string of the molecule is CCOc1ccccc1OCCNOCCOC. The van der Waals surface area contributed by atoms with E-state index in [1.54, 1.807) is 7.11 Å². The summed E-state index contributed by atoms with van der Waals surface area (Å²) in [5.41, 5.74) is 2.80. The van der Waals surface area contributed by atoms with Gasteiger partial charge in [0.1, 0.15) is 6.61 Å². The number of hydroxylamine groups is 1. The molecule has 0 aromatic heterocycles. The van der Waals surface area contributed by atoms with Crippen LogP contribution >= 0.6 is 0 Å². The Morgan fingerprint density at radius 2 is 1.72 bits per heavy atom. The van der Waals surface area contributed by atoms with Gasteiger partial charge in [0.05, 0.1) is 26.4 Å². The van der Waals surface area contributed by atoms with E-state index in [2.05, 4.69) is 5.48 Å². The Hall–Kier alpha value is -1.30. The molecule has 0 atom stereocenters. The van der Waals surface area contributed by atoms with Gasteiger partial charge in [-0.25, -0.2) is 0 Å². The van der Waals surface area contributed by atoms with E-state index >= 15 is 0 Å². The van der Waals surface area contributed by atoms with Crippen LogP contribution < -0.4 is 15.0 Å². The first-order valence-corrected chi connectivity index (χ1v) is 6.06. The standard InChI is InChI=1S/C13H21NO4/c1-3-16-12-6-4-5-7-13(12)17-9-8-14-18-11-10-15-2/h4-7,14H,3,8-11H2,1-2H3. The average molecular weight is 255 g/mol. The number of hydrogen-bond donors (Lipinski definition) is 1. The monoisotopic (exact) mass is 255 g/mol. The van der Waals surface area contributed by atoms with E-state index in [0.29, 0.717) is 33.0 Å². The molecule has 0 aliphatic heterocycles. The minimum Gasteiger partial charge on any atom is -0.490 e. The predicted octanol–water partition coefficient (Wildman–Crippen LogP) is 1.63. The Labute approximate surface area is 108 Å². The number of ether oxygens (including phenoxy) is 3. The van der Waals surface area contributed by atoms with Gasteiger partial charge in [-0.2, -0.15) is 5.48 Å². The third kappa shape index (κ3) is 5.86. The molecule has 0 amide bonds. The zero-order valence-corrected chi connectivity index (χ0v) is 11.0. The van der Waals surface area contributed by atoms with Crippen LogP contribution in [-0.4, -0.2) is 40.1 Å². The first-order chi connectivity index (χ1) is 8.88. The Balaban J connectivity index is 2.18. The zero-order valence-electron chi connectivity index (χ0n) is 11.0. The van der Waals surface area contributed by atoms with Gasteiger partial charge >= 0.3 is 0 Å². The third-order valence-electron chi connectivity index (χ3n) is 2.10. The summed E-state index contributed by atoms with van der Waals surface area (Å²) in [7, 11) is 1.64. The lowest BCUT2D eigenvalue weighted by molar-refractivity contribution is 0.00246. The smallest absolute Gasteiger partial charge is 0.161 e. The number of para-hydroxylation sites is 2. The fraction of sp³-hybridized carbons (Fsp3) is 0.538. The van der Waals surface area contributed by atoms with Crippen molar-refractivity contribution in [3.05, 3.63) is 24.3 Å². The fourth-order valence-electron chi connectivity index (χ4n) is 1.32. The van der Waals surface area contributed by atoms with Crippen molar-refractivity contribution >= 4 is 0 Å². The molecule has 0 unspecified atom stereocenters. The molecular formula is C13H21NO4. The van der Waals surface area contributed by atoms with Crippen molar-refractivity contribution in [2.24, 2.45) is 0 Å². The van der Waals surface area contributed by atoms with Crippen LogP contribution in [0.25, 0.3) is 0 Å². The van der Waals surface area contributed by atoms with Gasteiger partial charge in [-0.15, -0.1) is 0 Å². The van der Waals surface area contributed by atoms with Gasteiger partial charge in [0.2, 0.25) is 0 Å². The highest BCUT2D eigenvalue weighted by Gasteiger charge is 2.02. The molecular weight excluding hydrogens is 234 g/mol. The Morgan fingerprint density at radius 1 is 1.00 bits per heavy atom. The lowest BCUT2D eigenvalue weighted by Gasteiger charge is -2.11. The van der Waals surface area contributed by atoms with Crippen LogP contribution in [0.2, 0.25) is 0 Å². The van der Waals surface area contributed by atoms with Crippen LogP contribution in [0.4, 0.5) is 0 Å². The van der Waals surface area contributed by atoms with Crippen LogP contribution in [0.3, 0.4) is 0 Å². The molecule has 1 aromatic carbocycles. The maximum Gasteiger partial charge on any atom is 0.161 e. The minimum absolute atomic E-state index is 0.511. The lowest BCUT2D eigenvalue weighted by Crippen LogP contribution is -2.23. The van der Waals surface area contributed by atoms with Crippen molar-refractivity contribution in [3.8, 4) is 11.5 Å². The molecule has 102 valence electrons. The summed E-state index contributed by atoms with van der Waals surface area (Å²) in [5.74, 6) is 1.51. The highest BCUT2D eigenvalue weighted by molar-refractivity contribution is 5.39. The normalized spacial score (nSPS) is 10.3. The largest absolute Gasteiger partial charge is 0.490 e. The van der Waals surface area contributed by atoms with Crippen LogP contribution in [0, 0.1) is 0 Å². The van der Waals surface area contributed by atoms with Crippen LogP contribution in [0.15, 0.2) is 24.3 Å². The Morgan fingerprint density at radius 3 is 2.39 bits per heavy atom. The van der Waals surface area contributed by atoms with Crippen molar-refractivity contribution in [1.82, 2.24) is 5.48 Å². The van der Waals surface area contributed by atoms with Gasteiger partial charge in [-0.05, 0) is 19.1 Å². The van der Waals surface area contributed by atoms with E-state index < -0.39 is 0 Å². The number of rotatable bonds is 10. The molecule has 0 bridgehead atoms. The van der Waals surface area contributed by atoms with Crippen LogP contribution in [0.5, 0.6) is 11.5 Å². The summed E-state index contributed by atoms with van der Waals surface area (Å²) < 4.78 is 15.9. The number of benzene rings is 1. The molecule has 1 aromatic rings. The molecule has 0 saturated carbocycles. The van der Waals surface area contributed by atoms with E-state index in [9.17, 15) is 0 Å². The molecule has 0 fully saturated rings. The molecule has 18 heavy (non-hydrogen) atoms. The number of nitrogens with one attached hydrogen (secondary N) is 1. The van der Waals surface area contributed by atoms with Gasteiger partial charge in [-0.3, -0.25) is 4.84 Å². The Kier molecular flexibility index (Phi) is 7.96. The Bertz CT molecular complexity index is 320. The van der Waals surface area contributed by atoms with Crippen molar-refractivity contribution in [2.45, 2.75) is 6.92 Å². The van der Waals surface area contributed by atoms with Gasteiger partial charge in [-0.1, -0.05) is 12.1 Å². The highest BCUT2D eigenvalue weighted by atomic mass is 16.7.